The number of aryl methyl sites for hydroxylation is 1. The Labute approximate surface area is 166 Å². The number of benzene rings is 1. The third kappa shape index (κ3) is 4.14. The van der Waals surface area contributed by atoms with Crippen LogP contribution >= 0.6 is 23.1 Å². The maximum Gasteiger partial charge on any atom is 0.252 e. The molecule has 3 aromatic rings. The van der Waals surface area contributed by atoms with Crippen LogP contribution in [-0.2, 0) is 10.5 Å². The maximum absolute atomic E-state index is 12.4. The van der Waals surface area contributed by atoms with Crippen LogP contribution in [0.3, 0.4) is 0 Å². The van der Waals surface area contributed by atoms with Crippen molar-refractivity contribution in [2.24, 2.45) is 5.10 Å². The fourth-order valence-corrected chi connectivity index (χ4v) is 4.38. The first kappa shape index (κ1) is 18.0. The number of hydrogen-bond acceptors (Lipinski definition) is 6. The van der Waals surface area contributed by atoms with Gasteiger partial charge in [-0.05, 0) is 23.9 Å². The first-order valence-electron chi connectivity index (χ1n) is 8.72. The molecular formula is C20H19N3O2S2. The molecule has 0 fully saturated rings. The van der Waals surface area contributed by atoms with Crippen LogP contribution in [0, 0.1) is 6.92 Å². The molecule has 1 aliphatic heterocycles. The molecule has 0 saturated carbocycles. The largest absolute Gasteiger partial charge is 0.440 e. The third-order valence-electron chi connectivity index (χ3n) is 4.29. The minimum Gasteiger partial charge on any atom is -0.440 e. The molecule has 138 valence electrons. The normalized spacial score (nSPS) is 13.8. The Kier molecular flexibility index (Phi) is 5.40. The van der Waals surface area contributed by atoms with E-state index in [1.54, 1.807) is 28.1 Å². The number of nitrogens with zero attached hydrogens (tertiary/aromatic N) is 3. The molecule has 5 nitrogen and oxygen atoms in total. The summed E-state index contributed by atoms with van der Waals surface area (Å²) in [5, 5.41) is 8.08. The Morgan fingerprint density at radius 2 is 2.11 bits per heavy atom. The molecule has 1 amide bonds. The van der Waals surface area contributed by atoms with Crippen LogP contribution in [0.5, 0.6) is 0 Å². The van der Waals surface area contributed by atoms with E-state index in [2.05, 4.69) is 10.1 Å². The lowest BCUT2D eigenvalue weighted by molar-refractivity contribution is -0.127. The van der Waals surface area contributed by atoms with Gasteiger partial charge in [-0.25, -0.2) is 9.99 Å². The van der Waals surface area contributed by atoms with Crippen molar-refractivity contribution in [3.63, 3.8) is 0 Å². The van der Waals surface area contributed by atoms with Gasteiger partial charge in [0.25, 0.3) is 5.91 Å². The molecule has 4 rings (SSSR count). The van der Waals surface area contributed by atoms with Gasteiger partial charge in [0.15, 0.2) is 0 Å². The Hall–Kier alpha value is -2.38. The van der Waals surface area contributed by atoms with Crippen LogP contribution in [0.1, 0.15) is 23.4 Å². The van der Waals surface area contributed by atoms with Crippen molar-refractivity contribution in [1.29, 1.82) is 0 Å². The fraction of sp³-hybridized carbons (Fsp3) is 0.250. The minimum atomic E-state index is 0.0329. The van der Waals surface area contributed by atoms with Crippen LogP contribution < -0.4 is 0 Å². The predicted molar refractivity (Wildman–Crippen MR) is 110 cm³/mol. The second-order valence-corrected chi connectivity index (χ2v) is 8.10. The molecule has 3 heterocycles. The summed E-state index contributed by atoms with van der Waals surface area (Å²) in [5.74, 6) is 2.53. The molecule has 0 aliphatic carbocycles. The summed E-state index contributed by atoms with van der Waals surface area (Å²) >= 11 is 3.15. The van der Waals surface area contributed by atoms with E-state index >= 15 is 0 Å². The van der Waals surface area contributed by atoms with E-state index in [0.29, 0.717) is 23.9 Å². The van der Waals surface area contributed by atoms with E-state index in [0.717, 1.165) is 34.0 Å². The zero-order valence-electron chi connectivity index (χ0n) is 14.9. The topological polar surface area (TPSA) is 58.7 Å². The second kappa shape index (κ2) is 8.10. The summed E-state index contributed by atoms with van der Waals surface area (Å²) in [6.07, 6.45) is 0.799. The van der Waals surface area contributed by atoms with Crippen molar-refractivity contribution >= 4 is 34.7 Å². The monoisotopic (exact) mass is 397 g/mol. The highest BCUT2D eigenvalue weighted by Gasteiger charge is 2.21. The van der Waals surface area contributed by atoms with Gasteiger partial charge >= 0.3 is 0 Å². The number of aromatic nitrogens is 1. The number of oxazole rings is 1. The molecular weight excluding hydrogens is 378 g/mol. The smallest absolute Gasteiger partial charge is 0.252 e. The molecule has 1 aromatic carbocycles. The van der Waals surface area contributed by atoms with Gasteiger partial charge in [0.2, 0.25) is 5.89 Å². The van der Waals surface area contributed by atoms with Crippen molar-refractivity contribution in [1.82, 2.24) is 9.99 Å². The molecule has 0 spiro atoms. The molecule has 27 heavy (non-hydrogen) atoms. The highest BCUT2D eigenvalue weighted by molar-refractivity contribution is 7.99. The van der Waals surface area contributed by atoms with E-state index in [4.69, 9.17) is 4.42 Å². The summed E-state index contributed by atoms with van der Waals surface area (Å²) < 4.78 is 5.75. The third-order valence-corrected chi connectivity index (χ3v) is 6.07. The predicted octanol–water partition coefficient (Wildman–Crippen LogP) is 4.58. The Morgan fingerprint density at radius 3 is 2.89 bits per heavy atom. The summed E-state index contributed by atoms with van der Waals surface area (Å²) in [5.41, 5.74) is 2.95. The van der Waals surface area contributed by atoms with E-state index in [1.807, 2.05) is 54.8 Å². The number of thioether (sulfide) groups is 1. The summed E-state index contributed by atoms with van der Waals surface area (Å²) in [6.45, 7) is 2.56. The van der Waals surface area contributed by atoms with Crippen LogP contribution in [0.2, 0.25) is 0 Å². The van der Waals surface area contributed by atoms with Crippen LogP contribution in [0.4, 0.5) is 0 Å². The van der Waals surface area contributed by atoms with Gasteiger partial charge in [0, 0.05) is 12.2 Å². The van der Waals surface area contributed by atoms with Gasteiger partial charge in [-0.15, -0.1) is 23.1 Å². The SMILES string of the molecule is Cc1oc(-c2cccs2)nc1CSCC(=O)N1CCC(c2ccccc2)=N1. The van der Waals surface area contributed by atoms with Gasteiger partial charge in [0.05, 0.1) is 28.6 Å². The lowest BCUT2D eigenvalue weighted by atomic mass is 10.1. The standard InChI is InChI=1S/C20H19N3O2S2/c1-14-17(21-20(25-14)18-8-5-11-27-18)12-26-13-19(24)23-10-9-16(22-23)15-6-3-2-4-7-15/h2-8,11H,9-10,12-13H2,1H3. The molecule has 0 saturated heterocycles. The number of carbonyl (C=O) groups is 1. The molecule has 2 aromatic heterocycles. The molecule has 0 atom stereocenters. The van der Waals surface area contributed by atoms with Gasteiger partial charge in [-0.3, -0.25) is 4.79 Å². The second-order valence-electron chi connectivity index (χ2n) is 6.17. The van der Waals surface area contributed by atoms with Gasteiger partial charge in [-0.1, -0.05) is 36.4 Å². The molecule has 1 aliphatic rings. The molecule has 7 heteroatoms. The van der Waals surface area contributed by atoms with Crippen LogP contribution in [0.15, 0.2) is 57.4 Å². The lowest BCUT2D eigenvalue weighted by Gasteiger charge is -2.10. The number of amides is 1. The number of hydrazone groups is 1. The van der Waals surface area contributed by atoms with Crippen LogP contribution in [0.25, 0.3) is 10.8 Å². The highest BCUT2D eigenvalue weighted by atomic mass is 32.2. The van der Waals surface area contributed by atoms with Gasteiger partial charge in [-0.2, -0.15) is 5.10 Å². The first-order chi connectivity index (χ1) is 13.2. The van der Waals surface area contributed by atoms with Crippen LogP contribution in [-0.4, -0.2) is 33.9 Å². The van der Waals surface area contributed by atoms with Crippen molar-refractivity contribution in [3.8, 4) is 10.8 Å². The summed E-state index contributed by atoms with van der Waals surface area (Å²) in [6, 6.07) is 14.0. The summed E-state index contributed by atoms with van der Waals surface area (Å²) in [4.78, 5) is 18.0. The van der Waals surface area contributed by atoms with Crippen molar-refractivity contribution in [2.75, 3.05) is 12.3 Å². The van der Waals surface area contributed by atoms with Gasteiger partial charge < -0.3 is 4.42 Å². The number of thiophene rings is 1. The van der Waals surface area contributed by atoms with E-state index in [-0.39, 0.29) is 5.91 Å². The molecule has 0 N–H and O–H groups in total. The maximum atomic E-state index is 12.4. The Balaban J connectivity index is 1.32. The van der Waals surface area contributed by atoms with E-state index in [1.165, 1.54) is 0 Å². The van der Waals surface area contributed by atoms with Gasteiger partial charge in [0.1, 0.15) is 5.76 Å². The van der Waals surface area contributed by atoms with Crippen molar-refractivity contribution in [2.45, 2.75) is 19.1 Å². The number of carbonyl (C=O) groups excluding carboxylic acids is 1. The van der Waals surface area contributed by atoms with Crippen molar-refractivity contribution in [3.05, 3.63) is 64.9 Å². The number of hydrogen-bond donors (Lipinski definition) is 0. The fourth-order valence-electron chi connectivity index (χ4n) is 2.85. The van der Waals surface area contributed by atoms with E-state index in [9.17, 15) is 4.79 Å². The first-order valence-corrected chi connectivity index (χ1v) is 10.8. The minimum absolute atomic E-state index is 0.0329. The lowest BCUT2D eigenvalue weighted by Crippen LogP contribution is -2.25. The Bertz CT molecular complexity index is 949. The molecule has 0 unspecified atom stereocenters. The average Bonchev–Trinajstić information content (AvgIpc) is 3.44. The van der Waals surface area contributed by atoms with Crippen molar-refractivity contribution < 1.29 is 9.21 Å². The highest BCUT2D eigenvalue weighted by Crippen LogP contribution is 2.27. The molecule has 0 radical (unpaired) electrons. The zero-order chi connectivity index (χ0) is 18.6. The average molecular weight is 398 g/mol. The zero-order valence-corrected chi connectivity index (χ0v) is 16.6. The molecule has 0 bridgehead atoms. The number of rotatable bonds is 6. The Morgan fingerprint density at radius 1 is 1.26 bits per heavy atom. The summed E-state index contributed by atoms with van der Waals surface area (Å²) in [7, 11) is 0. The van der Waals surface area contributed by atoms with E-state index < -0.39 is 0 Å². The quantitative estimate of drug-likeness (QED) is 0.611.